The lowest BCUT2D eigenvalue weighted by atomic mass is 9.99. The molecule has 0 bridgehead atoms. The fraction of sp³-hybridized carbons (Fsp3) is 0.800. The zero-order valence-electron chi connectivity index (χ0n) is 9.59. The van der Waals surface area contributed by atoms with Crippen molar-refractivity contribution >= 4 is 11.8 Å². The predicted octanol–water partition coefficient (Wildman–Crippen LogP) is -0.667. The average Bonchev–Trinajstić information content (AvgIpc) is 2.62. The maximum atomic E-state index is 11.7. The number of nitrogens with zero attached hydrogens (tertiary/aromatic N) is 1. The molecule has 5 nitrogen and oxygen atoms in total. The third-order valence-corrected chi connectivity index (χ3v) is 2.77. The van der Waals surface area contributed by atoms with Crippen molar-refractivity contribution < 1.29 is 9.59 Å². The zero-order chi connectivity index (χ0) is 11.5. The van der Waals surface area contributed by atoms with E-state index >= 15 is 0 Å². The van der Waals surface area contributed by atoms with E-state index in [-0.39, 0.29) is 18.4 Å². The Morgan fingerprint density at radius 1 is 1.47 bits per heavy atom. The number of rotatable bonds is 3. The number of likely N-dealkylation sites (N-methyl/N-ethyl adjacent to an activating group) is 1. The van der Waals surface area contributed by atoms with E-state index in [2.05, 4.69) is 10.6 Å². The smallest absolute Gasteiger partial charge is 0.241 e. The summed E-state index contributed by atoms with van der Waals surface area (Å²) in [6, 6.07) is 0. The minimum Gasteiger partial charge on any atom is -0.347 e. The van der Waals surface area contributed by atoms with E-state index in [1.165, 1.54) is 4.90 Å². The summed E-state index contributed by atoms with van der Waals surface area (Å²) in [7, 11) is 3.34. The maximum absolute atomic E-state index is 11.7. The van der Waals surface area contributed by atoms with Gasteiger partial charge in [0.2, 0.25) is 11.8 Å². The predicted molar refractivity (Wildman–Crippen MR) is 57.3 cm³/mol. The largest absolute Gasteiger partial charge is 0.347 e. The molecule has 1 aliphatic rings. The maximum Gasteiger partial charge on any atom is 0.241 e. The highest BCUT2D eigenvalue weighted by Crippen LogP contribution is 2.18. The Balaban J connectivity index is 2.39. The summed E-state index contributed by atoms with van der Waals surface area (Å²) in [6.07, 6.45) is 1.83. The van der Waals surface area contributed by atoms with E-state index in [1.807, 2.05) is 6.92 Å². The van der Waals surface area contributed by atoms with Crippen LogP contribution in [-0.2, 0) is 9.59 Å². The number of hydrogen-bond donors (Lipinski definition) is 2. The fourth-order valence-corrected chi connectivity index (χ4v) is 1.60. The van der Waals surface area contributed by atoms with Gasteiger partial charge in [-0.1, -0.05) is 0 Å². The molecular weight excluding hydrogens is 194 g/mol. The quantitative estimate of drug-likeness (QED) is 0.654. The van der Waals surface area contributed by atoms with Crippen LogP contribution in [0.25, 0.3) is 0 Å². The first kappa shape index (κ1) is 12.0. The summed E-state index contributed by atoms with van der Waals surface area (Å²) in [4.78, 5) is 24.5. The molecule has 2 N–H and O–H groups in total. The molecule has 0 saturated carbocycles. The van der Waals surface area contributed by atoms with Crippen molar-refractivity contribution in [1.82, 2.24) is 15.5 Å². The molecule has 1 heterocycles. The van der Waals surface area contributed by atoms with E-state index in [9.17, 15) is 9.59 Å². The van der Waals surface area contributed by atoms with E-state index in [0.717, 1.165) is 19.4 Å². The van der Waals surface area contributed by atoms with Crippen molar-refractivity contribution in [3.8, 4) is 0 Å². The van der Waals surface area contributed by atoms with Crippen molar-refractivity contribution in [2.75, 3.05) is 27.2 Å². The van der Waals surface area contributed by atoms with Crippen molar-refractivity contribution in [1.29, 1.82) is 0 Å². The highest BCUT2D eigenvalue weighted by molar-refractivity contribution is 5.90. The molecule has 86 valence electrons. The van der Waals surface area contributed by atoms with Crippen molar-refractivity contribution in [3.63, 3.8) is 0 Å². The third-order valence-electron chi connectivity index (χ3n) is 2.77. The molecule has 0 aromatic carbocycles. The number of carbonyl (C=O) groups excluding carboxylic acids is 2. The van der Waals surface area contributed by atoms with Gasteiger partial charge >= 0.3 is 0 Å². The van der Waals surface area contributed by atoms with Gasteiger partial charge in [0.05, 0.1) is 12.1 Å². The van der Waals surface area contributed by atoms with Gasteiger partial charge in [0, 0.05) is 14.1 Å². The summed E-state index contributed by atoms with van der Waals surface area (Å²) < 4.78 is 0. The van der Waals surface area contributed by atoms with Crippen LogP contribution in [0.3, 0.4) is 0 Å². The SMILES string of the molecule is CN(C)C(=O)CNC(=O)C1(C)CCCN1. The Morgan fingerprint density at radius 3 is 2.60 bits per heavy atom. The van der Waals surface area contributed by atoms with E-state index in [4.69, 9.17) is 0 Å². The van der Waals surface area contributed by atoms with Gasteiger partial charge in [-0.05, 0) is 26.3 Å². The molecule has 1 rings (SSSR count). The first-order valence-electron chi connectivity index (χ1n) is 5.19. The molecule has 15 heavy (non-hydrogen) atoms. The van der Waals surface area contributed by atoms with E-state index in [0.29, 0.717) is 0 Å². The lowest BCUT2D eigenvalue weighted by molar-refractivity contribution is -0.132. The van der Waals surface area contributed by atoms with Crippen LogP contribution in [0, 0.1) is 0 Å². The molecule has 1 fully saturated rings. The van der Waals surface area contributed by atoms with Crippen LogP contribution >= 0.6 is 0 Å². The minimum atomic E-state index is -0.493. The molecule has 0 aliphatic carbocycles. The van der Waals surface area contributed by atoms with Crippen molar-refractivity contribution in [2.45, 2.75) is 25.3 Å². The summed E-state index contributed by atoms with van der Waals surface area (Å²) in [6.45, 7) is 2.81. The van der Waals surface area contributed by atoms with Crippen LogP contribution in [0.5, 0.6) is 0 Å². The minimum absolute atomic E-state index is 0.0725. The second kappa shape index (κ2) is 4.61. The highest BCUT2D eigenvalue weighted by atomic mass is 16.2. The van der Waals surface area contributed by atoms with Gasteiger partial charge in [-0.3, -0.25) is 9.59 Å². The molecule has 0 spiro atoms. The molecular formula is C10H19N3O2. The Hall–Kier alpha value is -1.10. The standard InChI is InChI=1S/C10H19N3O2/c1-10(5-4-6-12-10)9(15)11-7-8(14)13(2)3/h12H,4-7H2,1-3H3,(H,11,15). The Bertz CT molecular complexity index is 257. The van der Waals surface area contributed by atoms with Gasteiger partial charge < -0.3 is 15.5 Å². The van der Waals surface area contributed by atoms with Crippen LogP contribution in [0.2, 0.25) is 0 Å². The first-order valence-corrected chi connectivity index (χ1v) is 5.19. The van der Waals surface area contributed by atoms with Crippen LogP contribution in [0.1, 0.15) is 19.8 Å². The highest BCUT2D eigenvalue weighted by Gasteiger charge is 2.35. The molecule has 1 unspecified atom stereocenters. The topological polar surface area (TPSA) is 61.4 Å². The monoisotopic (exact) mass is 213 g/mol. The zero-order valence-corrected chi connectivity index (χ0v) is 9.59. The fourth-order valence-electron chi connectivity index (χ4n) is 1.60. The Kier molecular flexibility index (Phi) is 3.68. The Labute approximate surface area is 90.2 Å². The molecule has 5 heteroatoms. The summed E-state index contributed by atoms with van der Waals surface area (Å²) in [5, 5.41) is 5.80. The lowest BCUT2D eigenvalue weighted by Gasteiger charge is -2.23. The summed E-state index contributed by atoms with van der Waals surface area (Å²) >= 11 is 0. The van der Waals surface area contributed by atoms with Gasteiger partial charge in [-0.15, -0.1) is 0 Å². The molecule has 2 amide bonds. The molecule has 0 aromatic rings. The molecule has 1 aliphatic heterocycles. The lowest BCUT2D eigenvalue weighted by Crippen LogP contribution is -2.52. The first-order chi connectivity index (χ1) is 6.96. The molecule has 1 saturated heterocycles. The summed E-state index contributed by atoms with van der Waals surface area (Å²) in [5.74, 6) is -0.180. The van der Waals surface area contributed by atoms with Gasteiger partial charge in [-0.25, -0.2) is 0 Å². The van der Waals surface area contributed by atoms with Crippen LogP contribution in [0.4, 0.5) is 0 Å². The normalized spacial score (nSPS) is 25.0. The van der Waals surface area contributed by atoms with Crippen molar-refractivity contribution in [3.05, 3.63) is 0 Å². The molecule has 0 aromatic heterocycles. The number of hydrogen-bond acceptors (Lipinski definition) is 3. The van der Waals surface area contributed by atoms with Crippen LogP contribution in [-0.4, -0.2) is 49.4 Å². The van der Waals surface area contributed by atoms with Gasteiger partial charge in [-0.2, -0.15) is 0 Å². The van der Waals surface area contributed by atoms with Crippen LogP contribution < -0.4 is 10.6 Å². The Morgan fingerprint density at radius 2 is 2.13 bits per heavy atom. The second-order valence-electron chi connectivity index (χ2n) is 4.33. The van der Waals surface area contributed by atoms with Gasteiger partial charge in [0.15, 0.2) is 0 Å². The molecule has 1 atom stereocenters. The van der Waals surface area contributed by atoms with Gasteiger partial charge in [0.25, 0.3) is 0 Å². The van der Waals surface area contributed by atoms with Crippen LogP contribution in [0.15, 0.2) is 0 Å². The summed E-state index contributed by atoms with van der Waals surface area (Å²) in [5.41, 5.74) is -0.493. The van der Waals surface area contributed by atoms with E-state index in [1.54, 1.807) is 14.1 Å². The third kappa shape index (κ3) is 2.92. The van der Waals surface area contributed by atoms with Crippen molar-refractivity contribution in [2.24, 2.45) is 0 Å². The van der Waals surface area contributed by atoms with E-state index < -0.39 is 5.54 Å². The second-order valence-corrected chi connectivity index (χ2v) is 4.33. The van der Waals surface area contributed by atoms with Gasteiger partial charge in [0.1, 0.15) is 0 Å². The average molecular weight is 213 g/mol. The number of carbonyl (C=O) groups is 2. The number of amides is 2. The number of nitrogens with one attached hydrogen (secondary N) is 2. The molecule has 0 radical (unpaired) electrons.